The Balaban J connectivity index is 2.01. The van der Waals surface area contributed by atoms with E-state index in [2.05, 4.69) is 17.2 Å². The van der Waals surface area contributed by atoms with Crippen LogP contribution in [-0.4, -0.2) is 21.3 Å². The number of carbonyl (C=O) groups excluding carboxylic acids is 1. The zero-order chi connectivity index (χ0) is 14.4. The molecule has 20 heavy (non-hydrogen) atoms. The fourth-order valence-electron chi connectivity index (χ4n) is 2.84. The van der Waals surface area contributed by atoms with Crippen LogP contribution < -0.4 is 5.32 Å². The maximum atomic E-state index is 12.5. The lowest BCUT2D eigenvalue weighted by Crippen LogP contribution is -2.34. The van der Waals surface area contributed by atoms with Crippen LogP contribution in [0.5, 0.6) is 0 Å². The van der Waals surface area contributed by atoms with E-state index in [1.807, 2.05) is 37.4 Å². The van der Waals surface area contributed by atoms with Gasteiger partial charge in [0.2, 0.25) is 0 Å². The number of hydrogen-bond acceptors (Lipinski definition) is 2. The van der Waals surface area contributed by atoms with Crippen molar-refractivity contribution in [3.05, 3.63) is 34.8 Å². The third-order valence-corrected chi connectivity index (χ3v) is 4.16. The molecule has 0 radical (unpaired) electrons. The minimum atomic E-state index is 0.00176. The van der Waals surface area contributed by atoms with Gasteiger partial charge in [-0.3, -0.25) is 4.79 Å². The minimum Gasteiger partial charge on any atom is -0.349 e. The van der Waals surface area contributed by atoms with Gasteiger partial charge in [0, 0.05) is 23.6 Å². The van der Waals surface area contributed by atoms with E-state index in [-0.39, 0.29) is 11.9 Å². The van der Waals surface area contributed by atoms with Crippen molar-refractivity contribution in [3.63, 3.8) is 0 Å². The quantitative estimate of drug-likeness (QED) is 0.933. The van der Waals surface area contributed by atoms with Crippen LogP contribution in [0, 0.1) is 26.7 Å². The zero-order valence-corrected chi connectivity index (χ0v) is 12.5. The molecule has 0 unspecified atom stereocenters. The van der Waals surface area contributed by atoms with Crippen LogP contribution in [0.15, 0.2) is 12.3 Å². The summed E-state index contributed by atoms with van der Waals surface area (Å²) in [7, 11) is 0. The summed E-state index contributed by atoms with van der Waals surface area (Å²) in [5.41, 5.74) is 4.50. The highest BCUT2D eigenvalue weighted by molar-refractivity contribution is 6.01. The summed E-state index contributed by atoms with van der Waals surface area (Å²) in [6.07, 6.45) is 4.45. The van der Waals surface area contributed by atoms with E-state index in [0.29, 0.717) is 11.5 Å². The van der Waals surface area contributed by atoms with Crippen molar-refractivity contribution >= 4 is 11.6 Å². The molecule has 106 valence electrons. The minimum absolute atomic E-state index is 0.00176. The average Bonchev–Trinajstić information content (AvgIpc) is 3.13. The van der Waals surface area contributed by atoms with Crippen LogP contribution in [0.1, 0.15) is 47.1 Å². The number of aromatic nitrogens is 2. The number of nitrogens with one attached hydrogen (secondary N) is 1. The zero-order valence-electron chi connectivity index (χ0n) is 12.5. The Morgan fingerprint density at radius 1 is 1.40 bits per heavy atom. The molecule has 1 atom stereocenters. The Hall–Kier alpha value is -1.84. The molecule has 0 saturated heterocycles. The summed E-state index contributed by atoms with van der Waals surface area (Å²) in [5.74, 6) is 0.659. The molecule has 1 saturated carbocycles. The molecule has 2 heterocycles. The Morgan fingerprint density at radius 2 is 2.10 bits per heavy atom. The molecule has 1 aliphatic rings. The Bertz CT molecular complexity index is 683. The predicted octanol–water partition coefficient (Wildman–Crippen LogP) is 2.79. The SMILES string of the molecule is Cc1cc(C)n2cc(C)c(C(=O)N[C@@H](C)C3CC3)c2n1. The summed E-state index contributed by atoms with van der Waals surface area (Å²) in [6.45, 7) is 8.06. The maximum Gasteiger partial charge on any atom is 0.255 e. The molecule has 0 spiro atoms. The number of hydrogen-bond donors (Lipinski definition) is 1. The molecule has 4 nitrogen and oxygen atoms in total. The Morgan fingerprint density at radius 3 is 2.75 bits per heavy atom. The average molecular weight is 271 g/mol. The summed E-state index contributed by atoms with van der Waals surface area (Å²) in [6, 6.07) is 2.28. The first kappa shape index (κ1) is 13.2. The van der Waals surface area contributed by atoms with Gasteiger partial charge in [-0.2, -0.15) is 0 Å². The van der Waals surface area contributed by atoms with Crippen LogP contribution in [0.2, 0.25) is 0 Å². The fraction of sp³-hybridized carbons (Fsp3) is 0.500. The lowest BCUT2D eigenvalue weighted by atomic mass is 10.1. The van der Waals surface area contributed by atoms with E-state index in [0.717, 1.165) is 22.6 Å². The number of aryl methyl sites for hydroxylation is 3. The van der Waals surface area contributed by atoms with Gasteiger partial charge in [-0.25, -0.2) is 4.98 Å². The molecule has 0 aliphatic heterocycles. The van der Waals surface area contributed by atoms with E-state index in [1.165, 1.54) is 12.8 Å². The molecule has 0 aromatic carbocycles. The summed E-state index contributed by atoms with van der Waals surface area (Å²) in [5, 5.41) is 3.12. The highest BCUT2D eigenvalue weighted by Crippen LogP contribution is 2.32. The number of carbonyl (C=O) groups is 1. The van der Waals surface area contributed by atoms with E-state index in [4.69, 9.17) is 0 Å². The van der Waals surface area contributed by atoms with E-state index < -0.39 is 0 Å². The second-order valence-electron chi connectivity index (χ2n) is 6.02. The molecule has 1 N–H and O–H groups in total. The van der Waals surface area contributed by atoms with Gasteiger partial charge in [-0.05, 0) is 58.1 Å². The molecule has 0 bridgehead atoms. The molecule has 4 heteroatoms. The van der Waals surface area contributed by atoms with Gasteiger partial charge >= 0.3 is 0 Å². The van der Waals surface area contributed by atoms with Crippen molar-refractivity contribution in [1.29, 1.82) is 0 Å². The normalized spacial score (nSPS) is 16.4. The van der Waals surface area contributed by atoms with Crippen molar-refractivity contribution in [2.24, 2.45) is 5.92 Å². The number of fused-ring (bicyclic) bond motifs is 1. The first-order valence-corrected chi connectivity index (χ1v) is 7.24. The highest BCUT2D eigenvalue weighted by Gasteiger charge is 2.30. The van der Waals surface area contributed by atoms with E-state index >= 15 is 0 Å². The smallest absolute Gasteiger partial charge is 0.255 e. The van der Waals surface area contributed by atoms with Crippen LogP contribution in [0.25, 0.3) is 5.65 Å². The molecule has 2 aromatic heterocycles. The van der Waals surface area contributed by atoms with E-state index in [9.17, 15) is 4.79 Å². The summed E-state index contributed by atoms with van der Waals surface area (Å²) in [4.78, 5) is 17.1. The van der Waals surface area contributed by atoms with Gasteiger partial charge in [0.25, 0.3) is 5.91 Å². The molecule has 1 aliphatic carbocycles. The summed E-state index contributed by atoms with van der Waals surface area (Å²) >= 11 is 0. The van der Waals surface area contributed by atoms with Gasteiger partial charge in [-0.15, -0.1) is 0 Å². The van der Waals surface area contributed by atoms with Crippen molar-refractivity contribution in [1.82, 2.24) is 14.7 Å². The van der Waals surface area contributed by atoms with Gasteiger partial charge in [0.05, 0.1) is 5.56 Å². The van der Waals surface area contributed by atoms with Crippen molar-refractivity contribution in [2.75, 3.05) is 0 Å². The Labute approximate surface area is 119 Å². The first-order chi connectivity index (χ1) is 9.47. The topological polar surface area (TPSA) is 46.4 Å². The molecular weight excluding hydrogens is 250 g/mol. The van der Waals surface area contributed by atoms with Crippen LogP contribution >= 0.6 is 0 Å². The van der Waals surface area contributed by atoms with Crippen LogP contribution in [0.4, 0.5) is 0 Å². The maximum absolute atomic E-state index is 12.5. The molecule has 1 fully saturated rings. The molecule has 1 amide bonds. The summed E-state index contributed by atoms with van der Waals surface area (Å²) < 4.78 is 2.00. The van der Waals surface area contributed by atoms with Crippen molar-refractivity contribution in [2.45, 2.75) is 46.6 Å². The van der Waals surface area contributed by atoms with Crippen LogP contribution in [-0.2, 0) is 0 Å². The van der Waals surface area contributed by atoms with Gasteiger partial charge in [-0.1, -0.05) is 0 Å². The second kappa shape index (κ2) is 4.62. The monoisotopic (exact) mass is 271 g/mol. The Kier molecular flexibility index (Phi) is 3.04. The van der Waals surface area contributed by atoms with Crippen LogP contribution in [0.3, 0.4) is 0 Å². The lowest BCUT2D eigenvalue weighted by molar-refractivity contribution is 0.0937. The predicted molar refractivity (Wildman–Crippen MR) is 79.1 cm³/mol. The first-order valence-electron chi connectivity index (χ1n) is 7.24. The largest absolute Gasteiger partial charge is 0.349 e. The fourth-order valence-corrected chi connectivity index (χ4v) is 2.84. The standard InChI is InChI=1S/C16H21N3O/c1-9-8-19-11(3)7-10(2)17-15(19)14(9)16(20)18-12(4)13-5-6-13/h7-8,12-13H,5-6H2,1-4H3,(H,18,20)/t12-/m0/s1. The highest BCUT2D eigenvalue weighted by atomic mass is 16.1. The van der Waals surface area contributed by atoms with Gasteiger partial charge < -0.3 is 9.72 Å². The second-order valence-corrected chi connectivity index (χ2v) is 6.02. The number of rotatable bonds is 3. The molecular formula is C16H21N3O. The number of nitrogens with zero attached hydrogens (tertiary/aromatic N) is 2. The third kappa shape index (κ3) is 2.19. The van der Waals surface area contributed by atoms with Crippen molar-refractivity contribution in [3.8, 4) is 0 Å². The van der Waals surface area contributed by atoms with Gasteiger partial charge in [0.15, 0.2) is 0 Å². The van der Waals surface area contributed by atoms with E-state index in [1.54, 1.807) is 0 Å². The number of amides is 1. The molecule has 2 aromatic rings. The molecule has 3 rings (SSSR count). The van der Waals surface area contributed by atoms with Crippen molar-refractivity contribution < 1.29 is 4.79 Å². The lowest BCUT2D eigenvalue weighted by Gasteiger charge is -2.13. The van der Waals surface area contributed by atoms with Gasteiger partial charge in [0.1, 0.15) is 5.65 Å². The third-order valence-electron chi connectivity index (χ3n) is 4.16.